The Balaban J connectivity index is 2.08. The molecule has 0 spiro atoms. The number of fused-ring (bicyclic) bond motifs is 1. The fourth-order valence-corrected chi connectivity index (χ4v) is 5.17. The SMILES string of the molecule is C#CCN(c1ccc(NS(=O)(=O)c2ccc(C)cc2C)c2ccccc12)[C@@H](C)CC(=O)O. The summed E-state index contributed by atoms with van der Waals surface area (Å²) in [6.07, 6.45) is 5.48. The van der Waals surface area contributed by atoms with Gasteiger partial charge in [0.1, 0.15) is 0 Å². The standard InChI is InChI=1S/C25H26N2O4S/c1-5-14-27(19(4)16-25(28)29)23-12-11-22(20-8-6-7-9-21(20)23)26-32(30,31)24-13-10-17(2)15-18(24)3/h1,6-13,15,19,26H,14,16H2,2-4H3,(H,28,29)/t19-/m0/s1. The summed E-state index contributed by atoms with van der Waals surface area (Å²) in [4.78, 5) is 13.3. The highest BCUT2D eigenvalue weighted by atomic mass is 32.2. The largest absolute Gasteiger partial charge is 0.481 e. The number of hydrogen-bond acceptors (Lipinski definition) is 4. The minimum absolute atomic E-state index is 0.0723. The molecule has 0 fully saturated rings. The van der Waals surface area contributed by atoms with Gasteiger partial charge in [-0.05, 0) is 44.5 Å². The summed E-state index contributed by atoms with van der Waals surface area (Å²) in [5.74, 6) is 1.68. The van der Waals surface area contributed by atoms with Crippen LogP contribution in [0.3, 0.4) is 0 Å². The van der Waals surface area contributed by atoms with Gasteiger partial charge in [0.25, 0.3) is 10.0 Å². The zero-order valence-corrected chi connectivity index (χ0v) is 19.1. The molecule has 3 rings (SSSR count). The molecule has 6 nitrogen and oxygen atoms in total. The van der Waals surface area contributed by atoms with Crippen LogP contribution in [0.25, 0.3) is 10.8 Å². The zero-order chi connectivity index (χ0) is 23.5. The first-order chi connectivity index (χ1) is 15.1. The highest BCUT2D eigenvalue weighted by molar-refractivity contribution is 7.92. The number of benzene rings is 3. The van der Waals surface area contributed by atoms with Gasteiger partial charge in [-0.25, -0.2) is 8.42 Å². The van der Waals surface area contributed by atoms with Gasteiger partial charge < -0.3 is 10.0 Å². The molecule has 3 aromatic carbocycles. The molecule has 7 heteroatoms. The van der Waals surface area contributed by atoms with E-state index >= 15 is 0 Å². The molecular weight excluding hydrogens is 424 g/mol. The highest BCUT2D eigenvalue weighted by Gasteiger charge is 2.22. The van der Waals surface area contributed by atoms with Crippen LogP contribution in [0.4, 0.5) is 11.4 Å². The van der Waals surface area contributed by atoms with Crippen LogP contribution in [0.1, 0.15) is 24.5 Å². The van der Waals surface area contributed by atoms with Crippen molar-refractivity contribution >= 4 is 38.1 Å². The molecule has 0 saturated carbocycles. The van der Waals surface area contributed by atoms with Crippen LogP contribution in [-0.2, 0) is 14.8 Å². The van der Waals surface area contributed by atoms with Gasteiger partial charge in [0.2, 0.25) is 0 Å². The lowest BCUT2D eigenvalue weighted by atomic mass is 10.0. The molecule has 0 heterocycles. The Bertz CT molecular complexity index is 1310. The van der Waals surface area contributed by atoms with Crippen molar-refractivity contribution in [3.05, 3.63) is 65.7 Å². The van der Waals surface area contributed by atoms with Crippen molar-refractivity contribution < 1.29 is 18.3 Å². The summed E-state index contributed by atoms with van der Waals surface area (Å²) >= 11 is 0. The van der Waals surface area contributed by atoms with Gasteiger partial charge in [0.15, 0.2) is 0 Å². The van der Waals surface area contributed by atoms with Crippen molar-refractivity contribution in [2.24, 2.45) is 0 Å². The Kier molecular flexibility index (Phi) is 6.75. The predicted octanol–water partition coefficient (Wildman–Crippen LogP) is 4.56. The third-order valence-corrected chi connectivity index (χ3v) is 6.86. The van der Waals surface area contributed by atoms with E-state index in [1.54, 1.807) is 38.1 Å². The molecule has 0 bridgehead atoms. The summed E-state index contributed by atoms with van der Waals surface area (Å²) in [7, 11) is -3.80. The van der Waals surface area contributed by atoms with Crippen molar-refractivity contribution in [3.8, 4) is 12.3 Å². The first-order valence-corrected chi connectivity index (χ1v) is 11.7. The topological polar surface area (TPSA) is 86.7 Å². The van der Waals surface area contributed by atoms with Crippen molar-refractivity contribution in [3.63, 3.8) is 0 Å². The highest BCUT2D eigenvalue weighted by Crippen LogP contribution is 2.35. The monoisotopic (exact) mass is 450 g/mol. The second-order valence-electron chi connectivity index (χ2n) is 7.83. The number of sulfonamides is 1. The smallest absolute Gasteiger partial charge is 0.305 e. The van der Waals surface area contributed by atoms with Gasteiger partial charge in [0, 0.05) is 22.5 Å². The van der Waals surface area contributed by atoms with Gasteiger partial charge >= 0.3 is 5.97 Å². The molecule has 3 aromatic rings. The molecule has 1 atom stereocenters. The lowest BCUT2D eigenvalue weighted by Crippen LogP contribution is -2.35. The van der Waals surface area contributed by atoms with Crippen LogP contribution in [-0.4, -0.2) is 32.1 Å². The normalized spacial score (nSPS) is 12.2. The first-order valence-electron chi connectivity index (χ1n) is 10.2. The fraction of sp³-hybridized carbons (Fsp3) is 0.240. The van der Waals surface area contributed by atoms with Crippen molar-refractivity contribution in [2.45, 2.75) is 38.1 Å². The number of terminal acetylenes is 1. The summed E-state index contributed by atoms with van der Waals surface area (Å²) < 4.78 is 28.9. The van der Waals surface area contributed by atoms with E-state index in [4.69, 9.17) is 6.42 Å². The van der Waals surface area contributed by atoms with E-state index in [0.717, 1.165) is 16.6 Å². The maximum absolute atomic E-state index is 13.1. The Morgan fingerprint density at radius 2 is 1.81 bits per heavy atom. The number of anilines is 2. The van der Waals surface area contributed by atoms with Gasteiger partial charge in [0.05, 0.1) is 23.5 Å². The second kappa shape index (κ2) is 9.33. The quantitative estimate of drug-likeness (QED) is 0.491. The maximum Gasteiger partial charge on any atom is 0.305 e. The molecule has 166 valence electrons. The number of carboxylic acids is 1. The summed E-state index contributed by atoms with van der Waals surface area (Å²) in [6, 6.07) is 15.7. The number of nitrogens with zero attached hydrogens (tertiary/aromatic N) is 1. The van der Waals surface area contributed by atoms with E-state index in [9.17, 15) is 18.3 Å². The van der Waals surface area contributed by atoms with Gasteiger partial charge in [-0.15, -0.1) is 6.42 Å². The van der Waals surface area contributed by atoms with E-state index in [0.29, 0.717) is 16.6 Å². The third kappa shape index (κ3) is 4.87. The van der Waals surface area contributed by atoms with E-state index in [1.165, 1.54) is 0 Å². The number of hydrogen-bond donors (Lipinski definition) is 2. The molecule has 0 aliphatic heterocycles. The van der Waals surface area contributed by atoms with Crippen LogP contribution in [0.5, 0.6) is 0 Å². The Labute approximate surface area is 188 Å². The summed E-state index contributed by atoms with van der Waals surface area (Å²) in [6.45, 7) is 5.71. The lowest BCUT2D eigenvalue weighted by molar-refractivity contribution is -0.137. The number of nitrogens with one attached hydrogen (secondary N) is 1. The number of carbonyl (C=O) groups is 1. The third-order valence-electron chi connectivity index (χ3n) is 5.34. The molecule has 0 aliphatic rings. The van der Waals surface area contributed by atoms with E-state index in [2.05, 4.69) is 10.6 Å². The fourth-order valence-electron chi connectivity index (χ4n) is 3.86. The number of aryl methyl sites for hydroxylation is 2. The van der Waals surface area contributed by atoms with Crippen molar-refractivity contribution in [1.29, 1.82) is 0 Å². The van der Waals surface area contributed by atoms with Crippen LogP contribution < -0.4 is 9.62 Å². The van der Waals surface area contributed by atoms with E-state index in [-0.39, 0.29) is 23.9 Å². The van der Waals surface area contributed by atoms with Crippen molar-refractivity contribution in [1.82, 2.24) is 0 Å². The molecule has 0 amide bonds. The Morgan fingerprint density at radius 3 is 2.44 bits per heavy atom. The van der Waals surface area contributed by atoms with Crippen LogP contribution >= 0.6 is 0 Å². The van der Waals surface area contributed by atoms with E-state index in [1.807, 2.05) is 42.2 Å². The number of carboxylic acid groups (broad SMARTS) is 1. The summed E-state index contributed by atoms with van der Waals surface area (Å²) in [5, 5.41) is 10.7. The average Bonchev–Trinajstić information content (AvgIpc) is 2.71. The van der Waals surface area contributed by atoms with E-state index < -0.39 is 16.0 Å². The molecule has 0 aromatic heterocycles. The molecule has 0 unspecified atom stereocenters. The molecule has 2 N–H and O–H groups in total. The Morgan fingerprint density at radius 1 is 1.12 bits per heavy atom. The first kappa shape index (κ1) is 23.2. The van der Waals surface area contributed by atoms with Crippen LogP contribution in [0.2, 0.25) is 0 Å². The summed E-state index contributed by atoms with van der Waals surface area (Å²) in [5.41, 5.74) is 2.85. The lowest BCUT2D eigenvalue weighted by Gasteiger charge is -2.30. The van der Waals surface area contributed by atoms with Gasteiger partial charge in [-0.3, -0.25) is 9.52 Å². The number of rotatable bonds is 8. The van der Waals surface area contributed by atoms with Crippen LogP contribution in [0.15, 0.2) is 59.5 Å². The second-order valence-corrected chi connectivity index (χ2v) is 9.48. The van der Waals surface area contributed by atoms with Crippen LogP contribution in [0, 0.1) is 26.2 Å². The Hall–Kier alpha value is -3.50. The molecule has 32 heavy (non-hydrogen) atoms. The zero-order valence-electron chi connectivity index (χ0n) is 18.3. The maximum atomic E-state index is 13.1. The molecule has 0 radical (unpaired) electrons. The van der Waals surface area contributed by atoms with Gasteiger partial charge in [-0.2, -0.15) is 0 Å². The number of aliphatic carboxylic acids is 1. The minimum Gasteiger partial charge on any atom is -0.481 e. The predicted molar refractivity (Wildman–Crippen MR) is 129 cm³/mol. The van der Waals surface area contributed by atoms with Crippen molar-refractivity contribution in [2.75, 3.05) is 16.2 Å². The average molecular weight is 451 g/mol. The molecular formula is C25H26N2O4S. The molecule has 0 aliphatic carbocycles. The molecule has 0 saturated heterocycles. The minimum atomic E-state index is -3.80. The van der Waals surface area contributed by atoms with Gasteiger partial charge in [-0.1, -0.05) is 47.9 Å².